The largest absolute Gasteiger partial charge is 0.493 e. The quantitative estimate of drug-likeness (QED) is 0.238. The van der Waals surface area contributed by atoms with Gasteiger partial charge in [-0.1, -0.05) is 0 Å². The molecule has 0 saturated heterocycles. The first-order valence-corrected chi connectivity index (χ1v) is 8.00. The SMILES string of the molecule is CCNC(=NCc1cc(OC)c(OC)c(OC)c1)NCCCOC.I. The second-order valence-electron chi connectivity index (χ2n) is 5.00. The summed E-state index contributed by atoms with van der Waals surface area (Å²) < 4.78 is 21.1. The average molecular weight is 467 g/mol. The second-order valence-corrected chi connectivity index (χ2v) is 5.00. The molecule has 1 rings (SSSR count). The number of methoxy groups -OCH3 is 4. The first kappa shape index (κ1) is 23.6. The van der Waals surface area contributed by atoms with Crippen LogP contribution >= 0.6 is 24.0 Å². The maximum atomic E-state index is 5.37. The standard InChI is InChI=1S/C17H29N3O4.HI/c1-6-18-17(19-8-7-9-21-2)20-12-13-10-14(22-3)16(24-5)15(11-13)23-4;/h10-11H,6-9,12H2,1-5H3,(H2,18,19,20);1H. The van der Waals surface area contributed by atoms with Crippen molar-refractivity contribution in [1.82, 2.24) is 10.6 Å². The molecular formula is C17H30IN3O4. The van der Waals surface area contributed by atoms with E-state index in [-0.39, 0.29) is 24.0 Å². The van der Waals surface area contributed by atoms with Crippen LogP contribution in [0.2, 0.25) is 0 Å². The van der Waals surface area contributed by atoms with Gasteiger partial charge >= 0.3 is 0 Å². The minimum atomic E-state index is 0. The number of nitrogens with one attached hydrogen (secondary N) is 2. The Kier molecular flexibility index (Phi) is 13.0. The molecule has 0 heterocycles. The fourth-order valence-corrected chi connectivity index (χ4v) is 2.16. The van der Waals surface area contributed by atoms with Crippen molar-refractivity contribution in [2.24, 2.45) is 4.99 Å². The number of aliphatic imine (C=N–C) groups is 1. The van der Waals surface area contributed by atoms with E-state index in [1.807, 2.05) is 19.1 Å². The number of hydrogen-bond acceptors (Lipinski definition) is 5. The number of ether oxygens (including phenoxy) is 4. The normalized spacial score (nSPS) is 10.7. The van der Waals surface area contributed by atoms with Crippen LogP contribution in [0.5, 0.6) is 17.2 Å². The lowest BCUT2D eigenvalue weighted by molar-refractivity contribution is 0.195. The molecule has 0 aromatic heterocycles. The van der Waals surface area contributed by atoms with E-state index < -0.39 is 0 Å². The highest BCUT2D eigenvalue weighted by Crippen LogP contribution is 2.38. The third-order valence-corrected chi connectivity index (χ3v) is 3.31. The zero-order chi connectivity index (χ0) is 17.8. The molecule has 0 radical (unpaired) electrons. The van der Waals surface area contributed by atoms with Gasteiger partial charge in [-0.3, -0.25) is 0 Å². The molecule has 0 atom stereocenters. The van der Waals surface area contributed by atoms with Gasteiger partial charge in [-0.15, -0.1) is 24.0 Å². The summed E-state index contributed by atoms with van der Waals surface area (Å²) in [4.78, 5) is 4.59. The van der Waals surface area contributed by atoms with Crippen molar-refractivity contribution in [2.45, 2.75) is 19.9 Å². The zero-order valence-corrected chi connectivity index (χ0v) is 18.0. The molecule has 1 aromatic rings. The Morgan fingerprint density at radius 1 is 1.00 bits per heavy atom. The highest BCUT2D eigenvalue weighted by Gasteiger charge is 2.13. The van der Waals surface area contributed by atoms with E-state index in [2.05, 4.69) is 15.6 Å². The Morgan fingerprint density at radius 2 is 1.64 bits per heavy atom. The van der Waals surface area contributed by atoms with Gasteiger partial charge < -0.3 is 29.6 Å². The van der Waals surface area contributed by atoms with Gasteiger partial charge in [-0.05, 0) is 31.0 Å². The van der Waals surface area contributed by atoms with Gasteiger partial charge in [0.05, 0.1) is 27.9 Å². The van der Waals surface area contributed by atoms with Gasteiger partial charge in [0.1, 0.15) is 0 Å². The van der Waals surface area contributed by atoms with Crippen LogP contribution in [-0.2, 0) is 11.3 Å². The summed E-state index contributed by atoms with van der Waals surface area (Å²) in [5, 5.41) is 6.50. The minimum absolute atomic E-state index is 0. The molecule has 2 N–H and O–H groups in total. The molecule has 0 saturated carbocycles. The fourth-order valence-electron chi connectivity index (χ4n) is 2.16. The molecule has 8 heteroatoms. The number of benzene rings is 1. The predicted octanol–water partition coefficient (Wildman–Crippen LogP) is 2.42. The second kappa shape index (κ2) is 13.8. The Hall–Kier alpha value is -1.42. The van der Waals surface area contributed by atoms with Crippen LogP contribution in [0.3, 0.4) is 0 Å². The first-order valence-electron chi connectivity index (χ1n) is 8.00. The van der Waals surface area contributed by atoms with Crippen molar-refractivity contribution in [3.63, 3.8) is 0 Å². The Labute approximate surface area is 167 Å². The van der Waals surface area contributed by atoms with Crippen molar-refractivity contribution >= 4 is 29.9 Å². The number of rotatable bonds is 10. The average Bonchev–Trinajstić information content (AvgIpc) is 2.61. The molecule has 25 heavy (non-hydrogen) atoms. The number of hydrogen-bond donors (Lipinski definition) is 2. The van der Waals surface area contributed by atoms with E-state index in [1.165, 1.54) is 0 Å². The van der Waals surface area contributed by atoms with E-state index >= 15 is 0 Å². The molecule has 0 aliphatic heterocycles. The first-order chi connectivity index (χ1) is 11.7. The molecule has 144 valence electrons. The summed E-state index contributed by atoms with van der Waals surface area (Å²) >= 11 is 0. The van der Waals surface area contributed by atoms with Crippen molar-refractivity contribution in [2.75, 3.05) is 48.1 Å². The van der Waals surface area contributed by atoms with E-state index in [9.17, 15) is 0 Å². The molecule has 0 aliphatic rings. The summed E-state index contributed by atoms with van der Waals surface area (Å²) in [5.41, 5.74) is 0.971. The number of nitrogens with zero attached hydrogens (tertiary/aromatic N) is 1. The Balaban J connectivity index is 0.00000576. The molecule has 0 amide bonds. The maximum Gasteiger partial charge on any atom is 0.203 e. The van der Waals surface area contributed by atoms with Crippen molar-refractivity contribution in [3.8, 4) is 17.2 Å². The van der Waals surface area contributed by atoms with Gasteiger partial charge in [0.2, 0.25) is 5.75 Å². The van der Waals surface area contributed by atoms with E-state index in [0.29, 0.717) is 23.8 Å². The van der Waals surface area contributed by atoms with Gasteiger partial charge in [-0.25, -0.2) is 4.99 Å². The molecule has 0 unspecified atom stereocenters. The Bertz CT molecular complexity index is 502. The third kappa shape index (κ3) is 8.00. The molecule has 0 bridgehead atoms. The predicted molar refractivity (Wildman–Crippen MR) is 111 cm³/mol. The van der Waals surface area contributed by atoms with Crippen LogP contribution < -0.4 is 24.8 Å². The van der Waals surface area contributed by atoms with Crippen LogP contribution in [0.4, 0.5) is 0 Å². The summed E-state index contributed by atoms with van der Waals surface area (Å²) in [6.45, 7) is 4.85. The van der Waals surface area contributed by atoms with Crippen LogP contribution in [0.1, 0.15) is 18.9 Å². The van der Waals surface area contributed by atoms with Crippen LogP contribution in [-0.4, -0.2) is 54.1 Å². The van der Waals surface area contributed by atoms with E-state index in [0.717, 1.165) is 37.6 Å². The van der Waals surface area contributed by atoms with E-state index in [4.69, 9.17) is 18.9 Å². The molecule has 0 spiro atoms. The molecule has 0 aliphatic carbocycles. The highest BCUT2D eigenvalue weighted by molar-refractivity contribution is 14.0. The lowest BCUT2D eigenvalue weighted by Gasteiger charge is -2.14. The smallest absolute Gasteiger partial charge is 0.203 e. The molecular weight excluding hydrogens is 437 g/mol. The lowest BCUT2D eigenvalue weighted by Crippen LogP contribution is -2.38. The van der Waals surface area contributed by atoms with Crippen LogP contribution in [0.25, 0.3) is 0 Å². The number of guanidine groups is 1. The highest BCUT2D eigenvalue weighted by atomic mass is 127. The van der Waals surface area contributed by atoms with Crippen molar-refractivity contribution in [1.29, 1.82) is 0 Å². The molecule has 7 nitrogen and oxygen atoms in total. The summed E-state index contributed by atoms with van der Waals surface area (Å²) in [7, 11) is 6.49. The van der Waals surface area contributed by atoms with Crippen molar-refractivity contribution in [3.05, 3.63) is 17.7 Å². The fraction of sp³-hybridized carbons (Fsp3) is 0.588. The maximum absolute atomic E-state index is 5.37. The van der Waals surface area contributed by atoms with Gasteiger partial charge in [0.15, 0.2) is 17.5 Å². The minimum Gasteiger partial charge on any atom is -0.493 e. The summed E-state index contributed by atoms with van der Waals surface area (Å²) in [6.07, 6.45) is 0.922. The van der Waals surface area contributed by atoms with Crippen LogP contribution in [0, 0.1) is 0 Å². The lowest BCUT2D eigenvalue weighted by atomic mass is 10.2. The van der Waals surface area contributed by atoms with E-state index in [1.54, 1.807) is 28.4 Å². The van der Waals surface area contributed by atoms with Crippen molar-refractivity contribution < 1.29 is 18.9 Å². The van der Waals surface area contributed by atoms with Gasteiger partial charge in [-0.2, -0.15) is 0 Å². The van der Waals surface area contributed by atoms with Gasteiger partial charge in [0, 0.05) is 26.8 Å². The topological polar surface area (TPSA) is 73.3 Å². The zero-order valence-electron chi connectivity index (χ0n) is 15.7. The third-order valence-electron chi connectivity index (χ3n) is 3.31. The van der Waals surface area contributed by atoms with Gasteiger partial charge in [0.25, 0.3) is 0 Å². The summed E-state index contributed by atoms with van der Waals surface area (Å²) in [5.74, 6) is 2.60. The molecule has 1 aromatic carbocycles. The molecule has 0 fully saturated rings. The number of halogens is 1. The monoisotopic (exact) mass is 467 g/mol. The summed E-state index contributed by atoms with van der Waals surface area (Å²) in [6, 6.07) is 3.80. The Morgan fingerprint density at radius 3 is 2.12 bits per heavy atom. The van der Waals surface area contributed by atoms with Crippen LogP contribution in [0.15, 0.2) is 17.1 Å².